The second-order valence-corrected chi connectivity index (χ2v) is 5.14. The summed E-state index contributed by atoms with van der Waals surface area (Å²) in [4.78, 5) is 11.8. The molecule has 106 valence electrons. The minimum Gasteiger partial charge on any atom is -0.491 e. The van der Waals surface area contributed by atoms with Crippen LogP contribution in [0.5, 0.6) is 5.75 Å². The van der Waals surface area contributed by atoms with Crippen molar-refractivity contribution in [2.75, 3.05) is 0 Å². The average Bonchev–Trinajstić information content (AvgIpc) is 2.47. The lowest BCUT2D eigenvalue weighted by atomic mass is 10.0. The molecule has 0 unspecified atom stereocenters. The highest BCUT2D eigenvalue weighted by Crippen LogP contribution is 2.27. The lowest BCUT2D eigenvalue weighted by Crippen LogP contribution is -2.09. The van der Waals surface area contributed by atoms with Crippen LogP contribution in [0.1, 0.15) is 13.8 Å². The molecule has 0 spiro atoms. The van der Waals surface area contributed by atoms with E-state index in [4.69, 9.17) is 4.74 Å². The number of benzene rings is 2. The number of fused-ring (bicyclic) bond motifs is 1. The summed E-state index contributed by atoms with van der Waals surface area (Å²) in [6, 6.07) is 15.2. The van der Waals surface area contributed by atoms with Gasteiger partial charge in [-0.1, -0.05) is 30.3 Å². The molecule has 4 heteroatoms. The zero-order chi connectivity index (χ0) is 14.8. The van der Waals surface area contributed by atoms with Crippen LogP contribution in [-0.2, 0) is 0 Å². The van der Waals surface area contributed by atoms with E-state index in [1.165, 1.54) is 0 Å². The number of hydrogen-bond donors (Lipinski definition) is 1. The van der Waals surface area contributed by atoms with E-state index in [1.54, 1.807) is 6.07 Å². The second-order valence-electron chi connectivity index (χ2n) is 5.14. The lowest BCUT2D eigenvalue weighted by Gasteiger charge is -2.11. The number of rotatable bonds is 3. The summed E-state index contributed by atoms with van der Waals surface area (Å²) in [5, 5.41) is 8.23. The molecular weight excluding hydrogens is 264 g/mol. The SMILES string of the molecule is CC(C)Oc1cccc(-c2n[nH]c(=O)c3ccccc23)c1. The van der Waals surface area contributed by atoms with Crippen LogP contribution < -0.4 is 10.3 Å². The second kappa shape index (κ2) is 5.40. The third-order valence-electron chi connectivity index (χ3n) is 3.18. The molecule has 0 saturated heterocycles. The normalized spacial score (nSPS) is 11.0. The summed E-state index contributed by atoms with van der Waals surface area (Å²) in [6.07, 6.45) is 0.112. The largest absolute Gasteiger partial charge is 0.491 e. The Balaban J connectivity index is 2.17. The molecule has 0 radical (unpaired) electrons. The van der Waals surface area contributed by atoms with Crippen LogP contribution >= 0.6 is 0 Å². The maximum atomic E-state index is 11.8. The minimum atomic E-state index is -0.177. The molecule has 2 aromatic carbocycles. The summed E-state index contributed by atoms with van der Waals surface area (Å²) in [6.45, 7) is 3.97. The standard InChI is InChI=1S/C17H16N2O2/c1-11(2)21-13-7-5-6-12(10-13)16-14-8-3-4-9-15(14)17(20)19-18-16/h3-11H,1-2H3,(H,19,20). The van der Waals surface area contributed by atoms with E-state index in [2.05, 4.69) is 10.2 Å². The third kappa shape index (κ3) is 2.65. The van der Waals surface area contributed by atoms with Gasteiger partial charge in [-0.05, 0) is 32.0 Å². The summed E-state index contributed by atoms with van der Waals surface area (Å²) in [5.74, 6) is 0.791. The Hall–Kier alpha value is -2.62. The number of H-pyrrole nitrogens is 1. The predicted molar refractivity (Wildman–Crippen MR) is 83.6 cm³/mol. The molecule has 0 amide bonds. The van der Waals surface area contributed by atoms with Gasteiger partial charge in [-0.3, -0.25) is 4.79 Å². The summed E-state index contributed by atoms with van der Waals surface area (Å²) in [7, 11) is 0. The number of hydrogen-bond acceptors (Lipinski definition) is 3. The number of aromatic nitrogens is 2. The third-order valence-corrected chi connectivity index (χ3v) is 3.18. The first-order valence-electron chi connectivity index (χ1n) is 6.89. The Labute approximate surface area is 122 Å². The summed E-state index contributed by atoms with van der Waals surface area (Å²) in [5.41, 5.74) is 1.49. The van der Waals surface area contributed by atoms with Crippen LogP contribution in [-0.4, -0.2) is 16.3 Å². The number of nitrogens with zero attached hydrogens (tertiary/aromatic N) is 1. The highest BCUT2D eigenvalue weighted by molar-refractivity contribution is 5.93. The van der Waals surface area contributed by atoms with Crippen LogP contribution in [0.4, 0.5) is 0 Å². The van der Waals surface area contributed by atoms with Crippen molar-refractivity contribution in [3.63, 3.8) is 0 Å². The van der Waals surface area contributed by atoms with E-state index >= 15 is 0 Å². The highest BCUT2D eigenvalue weighted by Gasteiger charge is 2.09. The Morgan fingerprint density at radius 1 is 1.05 bits per heavy atom. The molecule has 0 aliphatic heterocycles. The Kier molecular flexibility index (Phi) is 3.44. The quantitative estimate of drug-likeness (QED) is 0.800. The van der Waals surface area contributed by atoms with Gasteiger partial charge in [-0.25, -0.2) is 5.10 Å². The van der Waals surface area contributed by atoms with Gasteiger partial charge in [0.2, 0.25) is 0 Å². The maximum absolute atomic E-state index is 11.8. The van der Waals surface area contributed by atoms with Gasteiger partial charge in [0, 0.05) is 10.9 Å². The van der Waals surface area contributed by atoms with Gasteiger partial charge >= 0.3 is 0 Å². The molecule has 0 aliphatic carbocycles. The van der Waals surface area contributed by atoms with Crippen molar-refractivity contribution >= 4 is 10.8 Å². The Bertz CT molecular complexity index is 837. The van der Waals surface area contributed by atoms with Gasteiger partial charge in [0.15, 0.2) is 0 Å². The Morgan fingerprint density at radius 2 is 1.81 bits per heavy atom. The van der Waals surface area contributed by atoms with Crippen LogP contribution in [0.3, 0.4) is 0 Å². The van der Waals surface area contributed by atoms with Crippen molar-refractivity contribution in [2.24, 2.45) is 0 Å². The molecule has 0 bridgehead atoms. The van der Waals surface area contributed by atoms with Gasteiger partial charge in [-0.15, -0.1) is 0 Å². The Morgan fingerprint density at radius 3 is 2.57 bits per heavy atom. The molecule has 4 nitrogen and oxygen atoms in total. The van der Waals surface area contributed by atoms with E-state index in [0.29, 0.717) is 5.39 Å². The lowest BCUT2D eigenvalue weighted by molar-refractivity contribution is 0.242. The fourth-order valence-electron chi connectivity index (χ4n) is 2.32. The first-order valence-corrected chi connectivity index (χ1v) is 6.89. The van der Waals surface area contributed by atoms with E-state index in [1.807, 2.05) is 56.3 Å². The zero-order valence-electron chi connectivity index (χ0n) is 12.0. The van der Waals surface area contributed by atoms with Gasteiger partial charge < -0.3 is 4.74 Å². The molecule has 1 N–H and O–H groups in total. The van der Waals surface area contributed by atoms with E-state index in [9.17, 15) is 4.79 Å². The van der Waals surface area contributed by atoms with Gasteiger partial charge in [-0.2, -0.15) is 5.10 Å². The number of aromatic amines is 1. The van der Waals surface area contributed by atoms with Gasteiger partial charge in [0.25, 0.3) is 5.56 Å². The van der Waals surface area contributed by atoms with E-state index in [-0.39, 0.29) is 11.7 Å². The zero-order valence-corrected chi connectivity index (χ0v) is 12.0. The number of nitrogens with one attached hydrogen (secondary N) is 1. The molecule has 0 fully saturated rings. The van der Waals surface area contributed by atoms with Crippen molar-refractivity contribution < 1.29 is 4.74 Å². The molecule has 0 aliphatic rings. The van der Waals surface area contributed by atoms with Crippen LogP contribution in [0.2, 0.25) is 0 Å². The summed E-state index contributed by atoms with van der Waals surface area (Å²) >= 11 is 0. The fourth-order valence-corrected chi connectivity index (χ4v) is 2.32. The molecule has 1 aromatic heterocycles. The molecule has 0 saturated carbocycles. The van der Waals surface area contributed by atoms with Crippen molar-refractivity contribution in [1.82, 2.24) is 10.2 Å². The van der Waals surface area contributed by atoms with Gasteiger partial charge in [0.1, 0.15) is 5.75 Å². The molecular formula is C17H16N2O2. The average molecular weight is 280 g/mol. The van der Waals surface area contributed by atoms with Crippen LogP contribution in [0.15, 0.2) is 53.3 Å². The van der Waals surface area contributed by atoms with Crippen molar-refractivity contribution in [2.45, 2.75) is 20.0 Å². The molecule has 21 heavy (non-hydrogen) atoms. The van der Waals surface area contributed by atoms with Crippen molar-refractivity contribution in [1.29, 1.82) is 0 Å². The van der Waals surface area contributed by atoms with Crippen molar-refractivity contribution in [3.8, 4) is 17.0 Å². The van der Waals surface area contributed by atoms with Crippen molar-refractivity contribution in [3.05, 3.63) is 58.9 Å². The van der Waals surface area contributed by atoms with E-state index < -0.39 is 0 Å². The monoisotopic (exact) mass is 280 g/mol. The van der Waals surface area contributed by atoms with Crippen LogP contribution in [0, 0.1) is 0 Å². The fraction of sp³-hybridized carbons (Fsp3) is 0.176. The van der Waals surface area contributed by atoms with Gasteiger partial charge in [0.05, 0.1) is 17.2 Å². The first-order chi connectivity index (χ1) is 10.1. The topological polar surface area (TPSA) is 55.0 Å². The summed E-state index contributed by atoms with van der Waals surface area (Å²) < 4.78 is 5.71. The van der Waals surface area contributed by atoms with Crippen LogP contribution in [0.25, 0.3) is 22.0 Å². The molecule has 0 atom stereocenters. The predicted octanol–water partition coefficient (Wildman–Crippen LogP) is 3.38. The number of ether oxygens (including phenoxy) is 1. The molecule has 1 heterocycles. The molecule has 3 aromatic rings. The molecule has 3 rings (SSSR count). The highest BCUT2D eigenvalue weighted by atomic mass is 16.5. The minimum absolute atomic E-state index is 0.112. The first kappa shape index (κ1) is 13.4. The smallest absolute Gasteiger partial charge is 0.272 e. The van der Waals surface area contributed by atoms with E-state index in [0.717, 1.165) is 22.4 Å². The maximum Gasteiger partial charge on any atom is 0.272 e.